The number of benzene rings is 1. The minimum Gasteiger partial charge on any atom is -0.399 e. The summed E-state index contributed by atoms with van der Waals surface area (Å²) in [6.07, 6.45) is 3.46. The van der Waals surface area contributed by atoms with Crippen molar-refractivity contribution in [2.45, 2.75) is 26.2 Å². The van der Waals surface area contributed by atoms with Crippen LogP contribution < -0.4 is 11.1 Å². The molecule has 0 aliphatic carbocycles. The third-order valence-corrected chi connectivity index (χ3v) is 3.43. The molecule has 0 fully saturated rings. The highest BCUT2D eigenvalue weighted by molar-refractivity contribution is 7.99. The number of thioether (sulfide) groups is 1. The lowest BCUT2D eigenvalue weighted by Gasteiger charge is -2.07. The second-order valence-electron chi connectivity index (χ2n) is 4.05. The molecule has 0 aliphatic rings. The number of carbonyl (C=O) groups excluding carboxylic acids is 1. The summed E-state index contributed by atoms with van der Waals surface area (Å²) in [6.45, 7) is 2.14. The number of anilines is 2. The summed E-state index contributed by atoms with van der Waals surface area (Å²) in [4.78, 5) is 11.6. The number of hydrogen-bond acceptors (Lipinski definition) is 3. The molecule has 0 atom stereocenters. The maximum Gasteiger partial charge on any atom is 0.234 e. The molecular weight excluding hydrogens is 251 g/mol. The van der Waals surface area contributed by atoms with E-state index in [1.165, 1.54) is 31.0 Å². The normalized spacial score (nSPS) is 10.3. The summed E-state index contributed by atoms with van der Waals surface area (Å²) in [6, 6.07) is 4.14. The Hall–Kier alpha value is -1.23. The van der Waals surface area contributed by atoms with Crippen molar-refractivity contribution in [1.82, 2.24) is 0 Å². The molecule has 18 heavy (non-hydrogen) atoms. The van der Waals surface area contributed by atoms with Crippen LogP contribution in [0.4, 0.5) is 15.8 Å². The molecule has 5 heteroatoms. The lowest BCUT2D eigenvalue weighted by atomic mass is 10.2. The number of amides is 1. The maximum atomic E-state index is 13.3. The molecule has 1 aromatic rings. The van der Waals surface area contributed by atoms with Gasteiger partial charge in [-0.05, 0) is 30.4 Å². The highest BCUT2D eigenvalue weighted by Gasteiger charge is 2.07. The predicted octanol–water partition coefficient (Wildman–Crippen LogP) is 3.27. The summed E-state index contributed by atoms with van der Waals surface area (Å²) in [5.41, 5.74) is 6.12. The van der Waals surface area contributed by atoms with Gasteiger partial charge in [-0.15, -0.1) is 0 Å². The fraction of sp³-hybridized carbons (Fsp3) is 0.462. The minimum absolute atomic E-state index is 0.147. The van der Waals surface area contributed by atoms with Gasteiger partial charge in [-0.1, -0.05) is 19.8 Å². The first-order valence-corrected chi connectivity index (χ1v) is 7.21. The lowest BCUT2D eigenvalue weighted by molar-refractivity contribution is -0.113. The zero-order chi connectivity index (χ0) is 13.4. The smallest absolute Gasteiger partial charge is 0.234 e. The Kier molecular flexibility index (Phi) is 6.57. The van der Waals surface area contributed by atoms with Gasteiger partial charge in [-0.25, -0.2) is 4.39 Å². The van der Waals surface area contributed by atoms with Gasteiger partial charge < -0.3 is 11.1 Å². The Labute approximate surface area is 111 Å². The molecular formula is C13H19FN2OS. The van der Waals surface area contributed by atoms with Gasteiger partial charge in [-0.3, -0.25) is 4.79 Å². The van der Waals surface area contributed by atoms with Crippen LogP contribution in [-0.4, -0.2) is 17.4 Å². The Morgan fingerprint density at radius 3 is 2.94 bits per heavy atom. The van der Waals surface area contributed by atoms with Crippen LogP contribution in [-0.2, 0) is 4.79 Å². The van der Waals surface area contributed by atoms with Crippen LogP contribution in [0, 0.1) is 5.82 Å². The van der Waals surface area contributed by atoms with Crippen molar-refractivity contribution in [2.75, 3.05) is 22.6 Å². The van der Waals surface area contributed by atoms with Crippen LogP contribution in [0.3, 0.4) is 0 Å². The Morgan fingerprint density at radius 2 is 2.22 bits per heavy atom. The molecule has 0 radical (unpaired) electrons. The topological polar surface area (TPSA) is 55.1 Å². The first-order valence-electron chi connectivity index (χ1n) is 6.06. The largest absolute Gasteiger partial charge is 0.399 e. The SMILES string of the molecule is CCCCCSCC(=O)Nc1cc(N)ccc1F. The summed E-state index contributed by atoms with van der Waals surface area (Å²) in [5.74, 6) is 0.646. The van der Waals surface area contributed by atoms with E-state index in [2.05, 4.69) is 12.2 Å². The van der Waals surface area contributed by atoms with Gasteiger partial charge in [0.15, 0.2) is 0 Å². The fourth-order valence-corrected chi connectivity index (χ4v) is 2.25. The van der Waals surface area contributed by atoms with E-state index < -0.39 is 5.82 Å². The molecule has 3 N–H and O–H groups in total. The van der Waals surface area contributed by atoms with Crippen molar-refractivity contribution < 1.29 is 9.18 Å². The second kappa shape index (κ2) is 7.97. The third-order valence-electron chi connectivity index (χ3n) is 2.39. The molecule has 0 bridgehead atoms. The van der Waals surface area contributed by atoms with Gasteiger partial charge in [0.25, 0.3) is 0 Å². The van der Waals surface area contributed by atoms with E-state index in [0.29, 0.717) is 11.4 Å². The molecule has 0 aromatic heterocycles. The fourth-order valence-electron chi connectivity index (χ4n) is 1.44. The van der Waals surface area contributed by atoms with E-state index in [1.54, 1.807) is 11.8 Å². The highest BCUT2D eigenvalue weighted by Crippen LogP contribution is 2.17. The number of nitrogens with two attached hydrogens (primary N) is 1. The van der Waals surface area contributed by atoms with Gasteiger partial charge in [-0.2, -0.15) is 11.8 Å². The van der Waals surface area contributed by atoms with Crippen molar-refractivity contribution in [3.8, 4) is 0 Å². The monoisotopic (exact) mass is 270 g/mol. The van der Waals surface area contributed by atoms with Crippen molar-refractivity contribution in [3.05, 3.63) is 24.0 Å². The molecule has 0 aliphatic heterocycles. The molecule has 1 rings (SSSR count). The quantitative estimate of drug-likeness (QED) is 0.590. The standard InChI is InChI=1S/C13H19FN2OS/c1-2-3-4-7-18-9-13(17)16-12-8-10(15)5-6-11(12)14/h5-6,8H,2-4,7,9,15H2,1H3,(H,16,17). The van der Waals surface area contributed by atoms with E-state index in [1.807, 2.05) is 0 Å². The number of rotatable bonds is 7. The number of carbonyl (C=O) groups is 1. The number of halogens is 1. The molecule has 0 spiro atoms. The average Bonchev–Trinajstić information content (AvgIpc) is 2.33. The first-order chi connectivity index (χ1) is 8.63. The Balaban J connectivity index is 2.33. The van der Waals surface area contributed by atoms with Crippen LogP contribution in [0.1, 0.15) is 26.2 Å². The molecule has 0 heterocycles. The molecule has 1 amide bonds. The lowest BCUT2D eigenvalue weighted by Crippen LogP contribution is -2.15. The summed E-state index contributed by atoms with van der Waals surface area (Å²) in [5, 5.41) is 2.53. The highest BCUT2D eigenvalue weighted by atomic mass is 32.2. The number of hydrogen-bond donors (Lipinski definition) is 2. The molecule has 3 nitrogen and oxygen atoms in total. The van der Waals surface area contributed by atoms with E-state index in [-0.39, 0.29) is 11.6 Å². The minimum atomic E-state index is -0.464. The molecule has 1 aromatic carbocycles. The van der Waals surface area contributed by atoms with Crippen molar-refractivity contribution >= 4 is 29.0 Å². The van der Waals surface area contributed by atoms with Crippen molar-refractivity contribution in [2.24, 2.45) is 0 Å². The van der Waals surface area contributed by atoms with Gasteiger partial charge in [0.2, 0.25) is 5.91 Å². The van der Waals surface area contributed by atoms with Crippen LogP contribution in [0.2, 0.25) is 0 Å². The van der Waals surface area contributed by atoms with Crippen molar-refractivity contribution in [3.63, 3.8) is 0 Å². The number of nitrogen functional groups attached to an aromatic ring is 1. The number of nitrogens with one attached hydrogen (secondary N) is 1. The molecule has 100 valence electrons. The first kappa shape index (κ1) is 14.8. The molecule has 0 unspecified atom stereocenters. The molecule has 0 saturated heterocycles. The summed E-state index contributed by atoms with van der Waals surface area (Å²) >= 11 is 1.56. The van der Waals surface area contributed by atoms with Gasteiger partial charge in [0.05, 0.1) is 11.4 Å². The molecule has 0 saturated carbocycles. The zero-order valence-electron chi connectivity index (χ0n) is 10.5. The van der Waals surface area contributed by atoms with E-state index in [4.69, 9.17) is 5.73 Å². The maximum absolute atomic E-state index is 13.3. The Morgan fingerprint density at radius 1 is 1.44 bits per heavy atom. The van der Waals surface area contributed by atoms with Gasteiger partial charge in [0, 0.05) is 5.69 Å². The van der Waals surface area contributed by atoms with Gasteiger partial charge >= 0.3 is 0 Å². The van der Waals surface area contributed by atoms with Crippen LogP contribution in [0.15, 0.2) is 18.2 Å². The van der Waals surface area contributed by atoms with Crippen molar-refractivity contribution in [1.29, 1.82) is 0 Å². The average molecular weight is 270 g/mol. The van der Waals surface area contributed by atoms with Gasteiger partial charge in [0.1, 0.15) is 5.82 Å². The van der Waals surface area contributed by atoms with Crippen LogP contribution >= 0.6 is 11.8 Å². The predicted molar refractivity (Wildman–Crippen MR) is 76.3 cm³/mol. The second-order valence-corrected chi connectivity index (χ2v) is 5.15. The van der Waals surface area contributed by atoms with E-state index in [0.717, 1.165) is 12.2 Å². The van der Waals surface area contributed by atoms with E-state index in [9.17, 15) is 9.18 Å². The van der Waals surface area contributed by atoms with Crippen LogP contribution in [0.5, 0.6) is 0 Å². The Bertz CT molecular complexity index is 399. The van der Waals surface area contributed by atoms with E-state index >= 15 is 0 Å². The zero-order valence-corrected chi connectivity index (χ0v) is 11.4. The van der Waals surface area contributed by atoms with Crippen LogP contribution in [0.25, 0.3) is 0 Å². The summed E-state index contributed by atoms with van der Waals surface area (Å²) < 4.78 is 13.3. The number of unbranched alkanes of at least 4 members (excludes halogenated alkanes) is 2. The third kappa shape index (κ3) is 5.40. The summed E-state index contributed by atoms with van der Waals surface area (Å²) in [7, 11) is 0.